The first-order valence-electron chi connectivity index (χ1n) is 7.49. The summed E-state index contributed by atoms with van der Waals surface area (Å²) in [4.78, 5) is 20.2. The van der Waals surface area contributed by atoms with Crippen LogP contribution in [0.2, 0.25) is 0 Å². The number of nitrogens with one attached hydrogen (secondary N) is 2. The van der Waals surface area contributed by atoms with Gasteiger partial charge in [0.1, 0.15) is 6.04 Å². The quantitative estimate of drug-likeness (QED) is 0.553. The van der Waals surface area contributed by atoms with Crippen molar-refractivity contribution in [1.29, 1.82) is 0 Å². The molecule has 5 N–H and O–H groups in total. The number of carbonyl (C=O) groups excluding carboxylic acids is 2. The third-order valence-corrected chi connectivity index (χ3v) is 3.52. The molecule has 122 valence electrons. The summed E-state index contributed by atoms with van der Waals surface area (Å²) >= 11 is 0. The Morgan fingerprint density at radius 3 is 2.59 bits per heavy atom. The standard InChI is InChI=1S/C11H15N.C5H10N2O3/c1-2-5-10(6-3-1)9-11-7-4-8-12-11;1-3(9)4(5(6)10)7-2-8/h1-3,5-6,11-12H,4,7-9H2;2-4,9H,1H3,(H2,6,10)(H,7,8). The molecule has 1 saturated heterocycles. The van der Waals surface area contributed by atoms with Gasteiger partial charge in [-0.2, -0.15) is 0 Å². The molecular weight excluding hydrogens is 282 g/mol. The van der Waals surface area contributed by atoms with E-state index in [0.717, 1.165) is 6.04 Å². The smallest absolute Gasteiger partial charge is 0.242 e. The number of aliphatic hydroxyl groups excluding tert-OH is 1. The zero-order valence-electron chi connectivity index (χ0n) is 12.9. The molecule has 3 atom stereocenters. The second-order valence-electron chi connectivity index (χ2n) is 5.39. The monoisotopic (exact) mass is 307 g/mol. The van der Waals surface area contributed by atoms with E-state index in [9.17, 15) is 9.59 Å². The number of nitrogens with two attached hydrogens (primary N) is 1. The van der Waals surface area contributed by atoms with Gasteiger partial charge < -0.3 is 21.5 Å². The highest BCUT2D eigenvalue weighted by molar-refractivity contribution is 5.82. The highest BCUT2D eigenvalue weighted by Crippen LogP contribution is 2.11. The first-order valence-corrected chi connectivity index (χ1v) is 7.49. The Morgan fingerprint density at radius 2 is 2.18 bits per heavy atom. The van der Waals surface area contributed by atoms with Crippen LogP contribution in [0, 0.1) is 0 Å². The lowest BCUT2D eigenvalue weighted by molar-refractivity contribution is -0.125. The normalized spacial score (nSPS) is 19.5. The lowest BCUT2D eigenvalue weighted by Crippen LogP contribution is -2.47. The Labute approximate surface area is 131 Å². The van der Waals surface area contributed by atoms with Crippen LogP contribution < -0.4 is 16.4 Å². The molecule has 22 heavy (non-hydrogen) atoms. The van der Waals surface area contributed by atoms with Gasteiger partial charge in [0.2, 0.25) is 12.3 Å². The number of hydrogen-bond donors (Lipinski definition) is 4. The zero-order chi connectivity index (χ0) is 16.4. The van der Waals surface area contributed by atoms with Crippen LogP contribution in [-0.2, 0) is 16.0 Å². The van der Waals surface area contributed by atoms with Crippen LogP contribution in [0.15, 0.2) is 30.3 Å². The molecule has 0 spiro atoms. The molecule has 0 saturated carbocycles. The van der Waals surface area contributed by atoms with Crippen LogP contribution in [0.1, 0.15) is 25.3 Å². The van der Waals surface area contributed by atoms with Crippen LogP contribution in [0.3, 0.4) is 0 Å². The molecule has 2 amide bonds. The maximum atomic E-state index is 10.4. The van der Waals surface area contributed by atoms with Gasteiger partial charge in [0.05, 0.1) is 6.10 Å². The number of benzene rings is 1. The van der Waals surface area contributed by atoms with Crippen molar-refractivity contribution in [1.82, 2.24) is 10.6 Å². The number of carbonyl (C=O) groups is 2. The second kappa shape index (κ2) is 9.92. The van der Waals surface area contributed by atoms with Gasteiger partial charge in [-0.25, -0.2) is 0 Å². The fourth-order valence-corrected chi connectivity index (χ4v) is 2.36. The molecule has 1 heterocycles. The van der Waals surface area contributed by atoms with Crippen LogP contribution in [-0.4, -0.2) is 42.2 Å². The van der Waals surface area contributed by atoms with E-state index in [1.807, 2.05) is 0 Å². The van der Waals surface area contributed by atoms with E-state index >= 15 is 0 Å². The summed E-state index contributed by atoms with van der Waals surface area (Å²) in [6.07, 6.45) is 3.25. The van der Waals surface area contributed by atoms with E-state index in [-0.39, 0.29) is 0 Å². The van der Waals surface area contributed by atoms with Crippen molar-refractivity contribution < 1.29 is 14.7 Å². The maximum Gasteiger partial charge on any atom is 0.242 e. The highest BCUT2D eigenvalue weighted by Gasteiger charge is 2.19. The largest absolute Gasteiger partial charge is 0.391 e. The van der Waals surface area contributed by atoms with Crippen molar-refractivity contribution in [2.45, 2.75) is 44.4 Å². The minimum absolute atomic E-state index is 0.322. The Hall–Kier alpha value is -1.92. The van der Waals surface area contributed by atoms with Gasteiger partial charge in [0.25, 0.3) is 0 Å². The average molecular weight is 307 g/mol. The SMILES string of the molecule is CC(O)C(NC=O)C(N)=O.c1ccc(CC2CCCN2)cc1. The molecule has 1 aromatic rings. The number of hydrogen-bond acceptors (Lipinski definition) is 4. The molecule has 0 radical (unpaired) electrons. The predicted octanol–water partition coefficient (Wildman–Crippen LogP) is -0.0518. The van der Waals surface area contributed by atoms with E-state index < -0.39 is 18.1 Å². The minimum Gasteiger partial charge on any atom is -0.391 e. The van der Waals surface area contributed by atoms with Crippen molar-refractivity contribution in [3.05, 3.63) is 35.9 Å². The van der Waals surface area contributed by atoms with Gasteiger partial charge in [-0.3, -0.25) is 9.59 Å². The molecule has 2 rings (SSSR count). The summed E-state index contributed by atoms with van der Waals surface area (Å²) in [5, 5.41) is 14.4. The van der Waals surface area contributed by atoms with Gasteiger partial charge in [-0.15, -0.1) is 0 Å². The summed E-state index contributed by atoms with van der Waals surface area (Å²) in [6, 6.07) is 10.5. The molecule has 0 aliphatic carbocycles. The molecule has 1 fully saturated rings. The third kappa shape index (κ3) is 6.69. The Kier molecular flexibility index (Phi) is 8.17. The number of rotatable bonds is 6. The highest BCUT2D eigenvalue weighted by atomic mass is 16.3. The lowest BCUT2D eigenvalue weighted by atomic mass is 10.1. The fraction of sp³-hybridized carbons (Fsp3) is 0.500. The summed E-state index contributed by atoms with van der Waals surface area (Å²) < 4.78 is 0. The van der Waals surface area contributed by atoms with Gasteiger partial charge in [0, 0.05) is 6.04 Å². The van der Waals surface area contributed by atoms with Crippen LogP contribution in [0.5, 0.6) is 0 Å². The van der Waals surface area contributed by atoms with E-state index in [1.165, 1.54) is 38.3 Å². The van der Waals surface area contributed by atoms with E-state index in [2.05, 4.69) is 41.0 Å². The van der Waals surface area contributed by atoms with E-state index in [1.54, 1.807) is 0 Å². The molecule has 0 bridgehead atoms. The average Bonchev–Trinajstić information content (AvgIpc) is 2.99. The second-order valence-corrected chi connectivity index (χ2v) is 5.39. The predicted molar refractivity (Wildman–Crippen MR) is 85.0 cm³/mol. The summed E-state index contributed by atoms with van der Waals surface area (Å²) in [5.41, 5.74) is 6.26. The molecule has 6 nitrogen and oxygen atoms in total. The lowest BCUT2D eigenvalue weighted by Gasteiger charge is -2.13. The zero-order valence-corrected chi connectivity index (χ0v) is 12.9. The number of primary amides is 1. The molecule has 3 unspecified atom stereocenters. The van der Waals surface area contributed by atoms with E-state index in [4.69, 9.17) is 10.8 Å². The molecule has 1 aromatic carbocycles. The van der Waals surface area contributed by atoms with Crippen molar-refractivity contribution >= 4 is 12.3 Å². The van der Waals surface area contributed by atoms with E-state index in [0.29, 0.717) is 6.41 Å². The van der Waals surface area contributed by atoms with Crippen molar-refractivity contribution in [3.63, 3.8) is 0 Å². The van der Waals surface area contributed by atoms with Crippen molar-refractivity contribution in [2.75, 3.05) is 6.54 Å². The molecule has 1 aliphatic heterocycles. The summed E-state index contributed by atoms with van der Waals surface area (Å²) in [6.45, 7) is 2.57. The van der Waals surface area contributed by atoms with Gasteiger partial charge >= 0.3 is 0 Å². The molecule has 6 heteroatoms. The van der Waals surface area contributed by atoms with Gasteiger partial charge in [-0.1, -0.05) is 30.3 Å². The molecule has 0 aromatic heterocycles. The molecular formula is C16H25N3O3. The Bertz CT molecular complexity index is 445. The molecule has 1 aliphatic rings. The van der Waals surface area contributed by atoms with Crippen LogP contribution in [0.4, 0.5) is 0 Å². The van der Waals surface area contributed by atoms with Crippen LogP contribution >= 0.6 is 0 Å². The van der Waals surface area contributed by atoms with Crippen molar-refractivity contribution in [3.8, 4) is 0 Å². The fourth-order valence-electron chi connectivity index (χ4n) is 2.36. The topological polar surface area (TPSA) is 104 Å². The summed E-state index contributed by atoms with van der Waals surface area (Å²) in [5.74, 6) is -0.748. The van der Waals surface area contributed by atoms with Crippen molar-refractivity contribution in [2.24, 2.45) is 5.73 Å². The maximum absolute atomic E-state index is 10.4. The van der Waals surface area contributed by atoms with Gasteiger partial charge in [0.15, 0.2) is 0 Å². The first-order chi connectivity index (χ1) is 10.5. The Balaban J connectivity index is 0.000000225. The number of aliphatic hydroxyl groups is 1. The van der Waals surface area contributed by atoms with Crippen LogP contribution in [0.25, 0.3) is 0 Å². The van der Waals surface area contributed by atoms with Gasteiger partial charge in [-0.05, 0) is 38.3 Å². The Morgan fingerprint density at radius 1 is 1.50 bits per heavy atom. The third-order valence-electron chi connectivity index (χ3n) is 3.52. The summed E-state index contributed by atoms with van der Waals surface area (Å²) in [7, 11) is 0. The first kappa shape index (κ1) is 18.1. The number of amides is 2. The minimum atomic E-state index is -0.988.